The molecule has 0 bridgehead atoms. The minimum atomic E-state index is -0.545. The number of unbranched alkanes of at least 4 members (excludes halogenated alkanes) is 15. The van der Waals surface area contributed by atoms with Crippen molar-refractivity contribution in [3.05, 3.63) is 0 Å². The smallest absolute Gasteiger partial charge is 0.306 e. The van der Waals surface area contributed by atoms with Gasteiger partial charge in [0.05, 0.1) is 5.92 Å². The van der Waals surface area contributed by atoms with Gasteiger partial charge < -0.3 is 5.11 Å². The summed E-state index contributed by atoms with van der Waals surface area (Å²) >= 11 is 0. The SMILES string of the molecule is CCCCCCCCCCCCCCCCC(C(=O)O)C(CCCC)CCCC. The largest absolute Gasteiger partial charge is 0.481 e. The molecular formula is C27H54O2. The van der Waals surface area contributed by atoms with Crippen molar-refractivity contribution >= 4 is 5.97 Å². The van der Waals surface area contributed by atoms with Gasteiger partial charge in [0.25, 0.3) is 0 Å². The summed E-state index contributed by atoms with van der Waals surface area (Å²) in [6.07, 6.45) is 26.8. The molecule has 2 nitrogen and oxygen atoms in total. The van der Waals surface area contributed by atoms with Crippen LogP contribution in [-0.2, 0) is 4.79 Å². The third-order valence-corrected chi connectivity index (χ3v) is 6.61. The molecule has 2 heteroatoms. The van der Waals surface area contributed by atoms with Crippen LogP contribution in [0, 0.1) is 11.8 Å². The Morgan fingerprint density at radius 3 is 1.21 bits per heavy atom. The van der Waals surface area contributed by atoms with Crippen LogP contribution in [0.5, 0.6) is 0 Å². The zero-order valence-electron chi connectivity index (χ0n) is 20.4. The topological polar surface area (TPSA) is 37.3 Å². The van der Waals surface area contributed by atoms with Crippen LogP contribution in [0.2, 0.25) is 0 Å². The Bertz CT molecular complexity index is 331. The molecule has 1 atom stereocenters. The molecule has 174 valence electrons. The zero-order chi connectivity index (χ0) is 21.6. The quantitative estimate of drug-likeness (QED) is 0.170. The summed E-state index contributed by atoms with van der Waals surface area (Å²) in [5.41, 5.74) is 0. The van der Waals surface area contributed by atoms with Crippen LogP contribution in [0.15, 0.2) is 0 Å². The summed E-state index contributed by atoms with van der Waals surface area (Å²) in [7, 11) is 0. The minimum Gasteiger partial charge on any atom is -0.481 e. The molecule has 1 N–H and O–H groups in total. The van der Waals surface area contributed by atoms with E-state index in [1.807, 2.05) is 0 Å². The Hall–Kier alpha value is -0.530. The van der Waals surface area contributed by atoms with Gasteiger partial charge in [-0.25, -0.2) is 0 Å². The monoisotopic (exact) mass is 410 g/mol. The van der Waals surface area contributed by atoms with Gasteiger partial charge in [0.2, 0.25) is 0 Å². The number of carboxylic acids is 1. The van der Waals surface area contributed by atoms with Gasteiger partial charge >= 0.3 is 5.97 Å². The summed E-state index contributed by atoms with van der Waals surface area (Å²) in [6, 6.07) is 0. The third kappa shape index (κ3) is 18.0. The van der Waals surface area contributed by atoms with E-state index in [1.165, 1.54) is 109 Å². The van der Waals surface area contributed by atoms with E-state index in [9.17, 15) is 9.90 Å². The van der Waals surface area contributed by atoms with Crippen LogP contribution in [0.4, 0.5) is 0 Å². The lowest BCUT2D eigenvalue weighted by Gasteiger charge is -2.24. The summed E-state index contributed by atoms with van der Waals surface area (Å²) in [4.78, 5) is 11.8. The molecule has 0 aliphatic carbocycles. The molecule has 0 amide bonds. The molecule has 0 spiro atoms. The second-order valence-electron chi connectivity index (χ2n) is 9.37. The molecule has 0 heterocycles. The number of aliphatic carboxylic acids is 1. The molecule has 1 unspecified atom stereocenters. The van der Waals surface area contributed by atoms with Crippen molar-refractivity contribution in [3.63, 3.8) is 0 Å². The Labute approximate surface area is 183 Å². The number of carboxylic acid groups (broad SMARTS) is 1. The van der Waals surface area contributed by atoms with E-state index >= 15 is 0 Å². The molecular weight excluding hydrogens is 356 g/mol. The third-order valence-electron chi connectivity index (χ3n) is 6.61. The van der Waals surface area contributed by atoms with E-state index in [0.717, 1.165) is 25.7 Å². The maximum absolute atomic E-state index is 11.8. The molecule has 0 aliphatic heterocycles. The Morgan fingerprint density at radius 2 is 0.862 bits per heavy atom. The maximum Gasteiger partial charge on any atom is 0.306 e. The van der Waals surface area contributed by atoms with Gasteiger partial charge in [0.1, 0.15) is 0 Å². The zero-order valence-corrected chi connectivity index (χ0v) is 20.4. The summed E-state index contributed by atoms with van der Waals surface area (Å²) < 4.78 is 0. The molecule has 0 radical (unpaired) electrons. The van der Waals surface area contributed by atoms with E-state index in [4.69, 9.17) is 0 Å². The van der Waals surface area contributed by atoms with Gasteiger partial charge in [-0.3, -0.25) is 4.79 Å². The fourth-order valence-corrected chi connectivity index (χ4v) is 4.60. The van der Waals surface area contributed by atoms with E-state index in [1.54, 1.807) is 0 Å². The molecule has 0 saturated heterocycles. The minimum absolute atomic E-state index is 0.106. The lowest BCUT2D eigenvalue weighted by atomic mass is 9.81. The molecule has 0 aromatic heterocycles. The summed E-state index contributed by atoms with van der Waals surface area (Å²) in [6.45, 7) is 6.70. The molecule has 0 aliphatic rings. The predicted molar refractivity (Wildman–Crippen MR) is 129 cm³/mol. The lowest BCUT2D eigenvalue weighted by molar-refractivity contribution is -0.144. The average molecular weight is 411 g/mol. The predicted octanol–water partition coefficient (Wildman–Crippen LogP) is 9.56. The molecule has 0 aromatic rings. The molecule has 29 heavy (non-hydrogen) atoms. The van der Waals surface area contributed by atoms with Crippen LogP contribution in [0.1, 0.15) is 156 Å². The Kier molecular flexibility index (Phi) is 21.8. The van der Waals surface area contributed by atoms with Crippen molar-refractivity contribution in [2.75, 3.05) is 0 Å². The first-order valence-electron chi connectivity index (χ1n) is 13.4. The van der Waals surface area contributed by atoms with Crippen LogP contribution in [0.25, 0.3) is 0 Å². The maximum atomic E-state index is 11.8. The number of rotatable bonds is 23. The highest BCUT2D eigenvalue weighted by atomic mass is 16.4. The number of hydrogen-bond donors (Lipinski definition) is 1. The highest BCUT2D eigenvalue weighted by Crippen LogP contribution is 2.29. The number of carbonyl (C=O) groups is 1. The average Bonchev–Trinajstić information content (AvgIpc) is 2.71. The van der Waals surface area contributed by atoms with Crippen molar-refractivity contribution in [2.24, 2.45) is 11.8 Å². The second kappa shape index (κ2) is 22.2. The first-order chi connectivity index (χ1) is 14.2. The van der Waals surface area contributed by atoms with Gasteiger partial charge in [-0.1, -0.05) is 136 Å². The van der Waals surface area contributed by atoms with E-state index in [0.29, 0.717) is 5.92 Å². The van der Waals surface area contributed by atoms with Gasteiger partial charge in [-0.05, 0) is 25.2 Å². The Morgan fingerprint density at radius 1 is 0.517 bits per heavy atom. The van der Waals surface area contributed by atoms with Crippen molar-refractivity contribution in [1.29, 1.82) is 0 Å². The standard InChI is InChI=1S/C27H54O2/c1-4-7-10-11-12-13-14-15-16-17-18-19-20-21-24-26(27(28)29)25(22-8-5-2)23-9-6-3/h25-26H,4-24H2,1-3H3,(H,28,29). The highest BCUT2D eigenvalue weighted by molar-refractivity contribution is 5.70. The molecule has 0 aromatic carbocycles. The van der Waals surface area contributed by atoms with E-state index in [2.05, 4.69) is 20.8 Å². The van der Waals surface area contributed by atoms with Crippen LogP contribution in [-0.4, -0.2) is 11.1 Å². The van der Waals surface area contributed by atoms with E-state index < -0.39 is 5.97 Å². The van der Waals surface area contributed by atoms with Crippen molar-refractivity contribution in [2.45, 2.75) is 156 Å². The van der Waals surface area contributed by atoms with Crippen molar-refractivity contribution in [1.82, 2.24) is 0 Å². The molecule has 0 fully saturated rings. The molecule has 0 rings (SSSR count). The van der Waals surface area contributed by atoms with Gasteiger partial charge in [0.15, 0.2) is 0 Å². The molecule has 0 saturated carbocycles. The lowest BCUT2D eigenvalue weighted by Crippen LogP contribution is -2.24. The second-order valence-corrected chi connectivity index (χ2v) is 9.37. The van der Waals surface area contributed by atoms with Crippen LogP contribution in [0.3, 0.4) is 0 Å². The highest BCUT2D eigenvalue weighted by Gasteiger charge is 2.26. The van der Waals surface area contributed by atoms with Gasteiger partial charge in [-0.2, -0.15) is 0 Å². The van der Waals surface area contributed by atoms with Gasteiger partial charge in [-0.15, -0.1) is 0 Å². The van der Waals surface area contributed by atoms with Gasteiger partial charge in [0, 0.05) is 0 Å². The van der Waals surface area contributed by atoms with Crippen LogP contribution < -0.4 is 0 Å². The van der Waals surface area contributed by atoms with Crippen LogP contribution >= 0.6 is 0 Å². The summed E-state index contributed by atoms with van der Waals surface area (Å²) in [5.74, 6) is -0.253. The van der Waals surface area contributed by atoms with Crippen molar-refractivity contribution < 1.29 is 9.90 Å². The fraction of sp³-hybridized carbons (Fsp3) is 0.963. The first-order valence-corrected chi connectivity index (χ1v) is 13.4. The van der Waals surface area contributed by atoms with Crippen molar-refractivity contribution in [3.8, 4) is 0 Å². The normalized spacial score (nSPS) is 12.6. The Balaban J connectivity index is 3.73. The van der Waals surface area contributed by atoms with E-state index in [-0.39, 0.29) is 5.92 Å². The fourth-order valence-electron chi connectivity index (χ4n) is 4.60. The summed E-state index contributed by atoms with van der Waals surface area (Å²) in [5, 5.41) is 9.75. The first kappa shape index (κ1) is 28.5. The number of hydrogen-bond acceptors (Lipinski definition) is 1.